The standard InChI is InChI=1S/C10H12N4S/c1-14-4-8(9-5-15-6-12-9)13-7-2-3-11-10(7)14/h2-3,5-6,8,11,13H,4H2,1H3. The summed E-state index contributed by atoms with van der Waals surface area (Å²) < 4.78 is 0. The fraction of sp³-hybridized carbons (Fsp3) is 0.300. The Balaban J connectivity index is 1.93. The van der Waals surface area contributed by atoms with Gasteiger partial charge in [0.1, 0.15) is 5.82 Å². The number of thiazole rings is 1. The van der Waals surface area contributed by atoms with Crippen LogP contribution in [-0.2, 0) is 0 Å². The van der Waals surface area contributed by atoms with Gasteiger partial charge in [-0.1, -0.05) is 0 Å². The lowest BCUT2D eigenvalue weighted by Crippen LogP contribution is -2.33. The van der Waals surface area contributed by atoms with E-state index in [9.17, 15) is 0 Å². The summed E-state index contributed by atoms with van der Waals surface area (Å²) in [6.45, 7) is 0.942. The summed E-state index contributed by atoms with van der Waals surface area (Å²) >= 11 is 1.64. The second-order valence-corrected chi connectivity index (χ2v) is 4.45. The topological polar surface area (TPSA) is 44.0 Å². The van der Waals surface area contributed by atoms with Crippen LogP contribution < -0.4 is 10.2 Å². The minimum absolute atomic E-state index is 0.296. The molecule has 15 heavy (non-hydrogen) atoms. The number of hydrogen-bond donors (Lipinski definition) is 2. The molecular formula is C10H12N4S. The number of anilines is 2. The number of nitrogens with one attached hydrogen (secondary N) is 2. The molecule has 0 fully saturated rings. The zero-order valence-electron chi connectivity index (χ0n) is 8.40. The van der Waals surface area contributed by atoms with E-state index in [-0.39, 0.29) is 0 Å². The van der Waals surface area contributed by atoms with E-state index < -0.39 is 0 Å². The molecule has 0 radical (unpaired) electrons. The van der Waals surface area contributed by atoms with Gasteiger partial charge in [0, 0.05) is 25.2 Å². The van der Waals surface area contributed by atoms with Crippen molar-refractivity contribution in [1.82, 2.24) is 9.97 Å². The van der Waals surface area contributed by atoms with E-state index in [4.69, 9.17) is 0 Å². The largest absolute Gasteiger partial charge is 0.372 e. The van der Waals surface area contributed by atoms with Gasteiger partial charge in [-0.25, -0.2) is 4.98 Å². The molecule has 1 atom stereocenters. The van der Waals surface area contributed by atoms with Crippen molar-refractivity contribution in [2.75, 3.05) is 23.8 Å². The number of nitrogens with zero attached hydrogens (tertiary/aromatic N) is 2. The SMILES string of the molecule is CN1CC(c2cscn2)Nc2cc[nH]c21. The molecule has 4 nitrogen and oxygen atoms in total. The summed E-state index contributed by atoms with van der Waals surface area (Å²) in [4.78, 5) is 9.79. The van der Waals surface area contributed by atoms with E-state index in [0.29, 0.717) is 6.04 Å². The maximum Gasteiger partial charge on any atom is 0.129 e. The van der Waals surface area contributed by atoms with Crippen LogP contribution in [0.25, 0.3) is 0 Å². The highest BCUT2D eigenvalue weighted by molar-refractivity contribution is 7.07. The molecule has 0 saturated heterocycles. The van der Waals surface area contributed by atoms with Gasteiger partial charge in [0.15, 0.2) is 0 Å². The molecule has 3 rings (SSSR count). The summed E-state index contributed by atoms with van der Waals surface area (Å²) in [6.07, 6.45) is 1.96. The Bertz CT molecular complexity index is 448. The molecule has 2 N–H and O–H groups in total. The highest BCUT2D eigenvalue weighted by atomic mass is 32.1. The predicted octanol–water partition coefficient (Wildman–Crippen LogP) is 2.07. The first-order valence-corrected chi connectivity index (χ1v) is 5.82. The minimum atomic E-state index is 0.296. The van der Waals surface area contributed by atoms with Crippen LogP contribution in [0.1, 0.15) is 11.7 Å². The van der Waals surface area contributed by atoms with Crippen molar-refractivity contribution in [2.24, 2.45) is 0 Å². The highest BCUT2D eigenvalue weighted by Gasteiger charge is 2.24. The third kappa shape index (κ3) is 1.39. The number of fused-ring (bicyclic) bond motifs is 1. The van der Waals surface area contributed by atoms with Crippen molar-refractivity contribution in [2.45, 2.75) is 6.04 Å². The molecule has 78 valence electrons. The lowest BCUT2D eigenvalue weighted by molar-refractivity contribution is 0.705. The average molecular weight is 220 g/mol. The van der Waals surface area contributed by atoms with Crippen LogP contribution in [-0.4, -0.2) is 23.6 Å². The van der Waals surface area contributed by atoms with Gasteiger partial charge in [-0.05, 0) is 6.07 Å². The van der Waals surface area contributed by atoms with Crippen LogP contribution in [0.15, 0.2) is 23.2 Å². The molecule has 1 aliphatic rings. The van der Waals surface area contributed by atoms with Gasteiger partial charge >= 0.3 is 0 Å². The second kappa shape index (κ2) is 3.27. The zero-order chi connectivity index (χ0) is 10.3. The van der Waals surface area contributed by atoms with Crippen LogP contribution in [0, 0.1) is 0 Å². The molecule has 3 heterocycles. The Morgan fingerprint density at radius 2 is 2.53 bits per heavy atom. The Hall–Kier alpha value is -1.49. The van der Waals surface area contributed by atoms with Crippen molar-refractivity contribution in [3.8, 4) is 0 Å². The molecule has 1 unspecified atom stereocenters. The van der Waals surface area contributed by atoms with Gasteiger partial charge < -0.3 is 15.2 Å². The van der Waals surface area contributed by atoms with Gasteiger partial charge in [-0.2, -0.15) is 0 Å². The van der Waals surface area contributed by atoms with Gasteiger partial charge in [-0.15, -0.1) is 11.3 Å². The van der Waals surface area contributed by atoms with Crippen molar-refractivity contribution in [3.63, 3.8) is 0 Å². The molecule has 5 heteroatoms. The van der Waals surface area contributed by atoms with E-state index in [1.807, 2.05) is 11.7 Å². The van der Waals surface area contributed by atoms with Crippen molar-refractivity contribution < 1.29 is 0 Å². The van der Waals surface area contributed by atoms with E-state index in [1.165, 1.54) is 0 Å². The molecule has 0 aromatic carbocycles. The average Bonchev–Trinajstić information content (AvgIpc) is 2.88. The fourth-order valence-electron chi connectivity index (χ4n) is 1.95. The zero-order valence-corrected chi connectivity index (χ0v) is 9.21. The van der Waals surface area contributed by atoms with Crippen molar-refractivity contribution in [1.29, 1.82) is 0 Å². The lowest BCUT2D eigenvalue weighted by Gasteiger charge is -2.31. The second-order valence-electron chi connectivity index (χ2n) is 3.73. The Kier molecular flexibility index (Phi) is 1.92. The van der Waals surface area contributed by atoms with Crippen LogP contribution in [0.5, 0.6) is 0 Å². The van der Waals surface area contributed by atoms with Crippen LogP contribution in [0.4, 0.5) is 11.5 Å². The van der Waals surface area contributed by atoms with Gasteiger partial charge in [0.25, 0.3) is 0 Å². The summed E-state index contributed by atoms with van der Waals surface area (Å²) in [5.41, 5.74) is 4.16. The predicted molar refractivity (Wildman–Crippen MR) is 62.5 cm³/mol. The summed E-state index contributed by atoms with van der Waals surface area (Å²) in [6, 6.07) is 2.36. The number of H-pyrrole nitrogens is 1. The van der Waals surface area contributed by atoms with E-state index in [0.717, 1.165) is 23.7 Å². The monoisotopic (exact) mass is 220 g/mol. The van der Waals surface area contributed by atoms with Crippen molar-refractivity contribution >= 4 is 22.8 Å². The summed E-state index contributed by atoms with van der Waals surface area (Å²) in [5.74, 6) is 1.15. The number of aromatic nitrogens is 2. The minimum Gasteiger partial charge on any atom is -0.372 e. The Morgan fingerprint density at radius 3 is 3.33 bits per heavy atom. The molecule has 2 aromatic rings. The smallest absolute Gasteiger partial charge is 0.129 e. The van der Waals surface area contributed by atoms with Crippen molar-refractivity contribution in [3.05, 3.63) is 28.8 Å². The molecule has 0 saturated carbocycles. The number of hydrogen-bond acceptors (Lipinski definition) is 4. The van der Waals surface area contributed by atoms with E-state index in [2.05, 4.69) is 38.7 Å². The summed E-state index contributed by atoms with van der Waals surface area (Å²) in [7, 11) is 2.09. The Morgan fingerprint density at radius 1 is 1.60 bits per heavy atom. The molecule has 0 amide bonds. The fourth-order valence-corrected chi connectivity index (χ4v) is 2.56. The number of rotatable bonds is 1. The molecule has 0 spiro atoms. The van der Waals surface area contributed by atoms with E-state index in [1.54, 1.807) is 11.3 Å². The van der Waals surface area contributed by atoms with Crippen LogP contribution in [0.3, 0.4) is 0 Å². The van der Waals surface area contributed by atoms with Gasteiger partial charge in [0.2, 0.25) is 0 Å². The molecule has 0 aliphatic carbocycles. The molecule has 1 aliphatic heterocycles. The van der Waals surface area contributed by atoms with Gasteiger partial charge in [0.05, 0.1) is 22.9 Å². The highest BCUT2D eigenvalue weighted by Crippen LogP contribution is 2.33. The first kappa shape index (κ1) is 8.79. The number of likely N-dealkylation sites (N-methyl/N-ethyl adjacent to an activating group) is 1. The van der Waals surface area contributed by atoms with E-state index >= 15 is 0 Å². The molecule has 0 bridgehead atoms. The quantitative estimate of drug-likeness (QED) is 0.773. The first-order valence-electron chi connectivity index (χ1n) is 4.88. The third-order valence-electron chi connectivity index (χ3n) is 2.70. The lowest BCUT2D eigenvalue weighted by atomic mass is 10.1. The maximum absolute atomic E-state index is 4.35. The molecule has 2 aromatic heterocycles. The summed E-state index contributed by atoms with van der Waals surface area (Å²) in [5, 5.41) is 5.58. The molecular weight excluding hydrogens is 208 g/mol. The van der Waals surface area contributed by atoms with Crippen LogP contribution in [0.2, 0.25) is 0 Å². The normalized spacial score (nSPS) is 19.8. The Labute approximate surface area is 92.0 Å². The maximum atomic E-state index is 4.35. The number of aromatic amines is 1. The van der Waals surface area contributed by atoms with Crippen LogP contribution >= 0.6 is 11.3 Å². The third-order valence-corrected chi connectivity index (χ3v) is 3.31. The first-order chi connectivity index (χ1) is 7.34. The van der Waals surface area contributed by atoms with Gasteiger partial charge in [-0.3, -0.25) is 0 Å².